The van der Waals surface area contributed by atoms with Crippen LogP contribution in [0.4, 0.5) is 0 Å². The molecule has 0 aliphatic heterocycles. The highest BCUT2D eigenvalue weighted by molar-refractivity contribution is 5.85. The molecule has 0 radical (unpaired) electrons. The second kappa shape index (κ2) is 1.62. The SMILES string of the molecule is C[C@]12CC(=O)[C@H](C1)[C@@H](O)C2. The van der Waals surface area contributed by atoms with Gasteiger partial charge in [-0.05, 0) is 18.3 Å². The van der Waals surface area contributed by atoms with E-state index < -0.39 is 0 Å². The zero-order valence-electron chi connectivity index (χ0n) is 6.13. The van der Waals surface area contributed by atoms with E-state index in [2.05, 4.69) is 6.92 Å². The van der Waals surface area contributed by atoms with Crippen molar-refractivity contribution in [3.05, 3.63) is 0 Å². The van der Waals surface area contributed by atoms with Gasteiger partial charge in [0.2, 0.25) is 0 Å². The first-order chi connectivity index (χ1) is 4.61. The van der Waals surface area contributed by atoms with Crippen molar-refractivity contribution in [3.8, 4) is 0 Å². The fourth-order valence-electron chi connectivity index (χ4n) is 2.42. The van der Waals surface area contributed by atoms with E-state index in [1.807, 2.05) is 0 Å². The minimum absolute atomic E-state index is 0.00926. The van der Waals surface area contributed by atoms with Crippen LogP contribution in [-0.4, -0.2) is 17.0 Å². The van der Waals surface area contributed by atoms with E-state index >= 15 is 0 Å². The molecule has 0 heterocycles. The summed E-state index contributed by atoms with van der Waals surface area (Å²) in [5.41, 5.74) is 0.154. The minimum Gasteiger partial charge on any atom is -0.392 e. The molecule has 0 unspecified atom stereocenters. The molecule has 2 heteroatoms. The first kappa shape index (κ1) is 6.35. The third kappa shape index (κ3) is 0.655. The summed E-state index contributed by atoms with van der Waals surface area (Å²) in [5, 5.41) is 9.33. The number of carbonyl (C=O) groups excluding carboxylic acids is 1. The molecule has 2 aliphatic carbocycles. The van der Waals surface area contributed by atoms with Gasteiger partial charge in [-0.1, -0.05) is 6.92 Å². The van der Waals surface area contributed by atoms with Crippen molar-refractivity contribution in [2.75, 3.05) is 0 Å². The number of aliphatic hydroxyl groups is 1. The summed E-state index contributed by atoms with van der Waals surface area (Å²) in [7, 11) is 0. The van der Waals surface area contributed by atoms with Crippen LogP contribution in [0.2, 0.25) is 0 Å². The van der Waals surface area contributed by atoms with Crippen LogP contribution < -0.4 is 0 Å². The number of aliphatic hydroxyl groups excluding tert-OH is 1. The average Bonchev–Trinajstić information content (AvgIpc) is 2.17. The Kier molecular flexibility index (Phi) is 1.03. The van der Waals surface area contributed by atoms with Gasteiger partial charge in [-0.2, -0.15) is 0 Å². The Morgan fingerprint density at radius 2 is 2.30 bits per heavy atom. The van der Waals surface area contributed by atoms with E-state index in [1.54, 1.807) is 0 Å². The number of hydrogen-bond acceptors (Lipinski definition) is 2. The van der Waals surface area contributed by atoms with Crippen molar-refractivity contribution < 1.29 is 9.90 Å². The van der Waals surface area contributed by atoms with Crippen LogP contribution in [0, 0.1) is 11.3 Å². The van der Waals surface area contributed by atoms with Gasteiger partial charge in [0.1, 0.15) is 5.78 Å². The Bertz CT molecular complexity index is 188. The summed E-state index contributed by atoms with van der Waals surface area (Å²) in [6, 6.07) is 0. The Labute approximate surface area is 60.2 Å². The number of rotatable bonds is 0. The second-order valence-electron chi connectivity index (χ2n) is 4.04. The smallest absolute Gasteiger partial charge is 0.139 e. The lowest BCUT2D eigenvalue weighted by atomic mass is 9.85. The molecule has 2 aliphatic rings. The fraction of sp³-hybridized carbons (Fsp3) is 0.875. The predicted octanol–water partition coefficient (Wildman–Crippen LogP) is 0.736. The normalized spacial score (nSPS) is 52.4. The summed E-state index contributed by atoms with van der Waals surface area (Å²) in [6.45, 7) is 2.10. The van der Waals surface area contributed by atoms with Gasteiger partial charge in [0.15, 0.2) is 0 Å². The molecule has 2 bridgehead atoms. The van der Waals surface area contributed by atoms with E-state index in [1.165, 1.54) is 0 Å². The van der Waals surface area contributed by atoms with Crippen molar-refractivity contribution in [2.24, 2.45) is 11.3 Å². The van der Waals surface area contributed by atoms with E-state index in [-0.39, 0.29) is 23.2 Å². The van der Waals surface area contributed by atoms with Crippen LogP contribution in [0.3, 0.4) is 0 Å². The number of hydrogen-bond donors (Lipinski definition) is 1. The van der Waals surface area contributed by atoms with Crippen LogP contribution in [-0.2, 0) is 4.79 Å². The molecule has 2 nitrogen and oxygen atoms in total. The van der Waals surface area contributed by atoms with Gasteiger partial charge in [0.25, 0.3) is 0 Å². The predicted molar refractivity (Wildman–Crippen MR) is 36.5 cm³/mol. The molecule has 0 spiro atoms. The van der Waals surface area contributed by atoms with Crippen LogP contribution in [0.15, 0.2) is 0 Å². The van der Waals surface area contributed by atoms with Crippen LogP contribution >= 0.6 is 0 Å². The lowest BCUT2D eigenvalue weighted by Gasteiger charge is -2.21. The van der Waals surface area contributed by atoms with Crippen molar-refractivity contribution in [2.45, 2.75) is 32.3 Å². The van der Waals surface area contributed by atoms with Gasteiger partial charge in [-0.3, -0.25) is 4.79 Å². The number of Topliss-reactive ketones (excluding diaryl/α,β-unsaturated/α-hetero) is 1. The lowest BCUT2D eigenvalue weighted by molar-refractivity contribution is -0.125. The van der Waals surface area contributed by atoms with Gasteiger partial charge in [-0.25, -0.2) is 0 Å². The highest BCUT2D eigenvalue weighted by Crippen LogP contribution is 2.51. The quantitative estimate of drug-likeness (QED) is 0.538. The Morgan fingerprint density at radius 3 is 2.60 bits per heavy atom. The monoisotopic (exact) mass is 140 g/mol. The van der Waals surface area contributed by atoms with Crippen molar-refractivity contribution in [1.29, 1.82) is 0 Å². The zero-order valence-corrected chi connectivity index (χ0v) is 6.13. The number of fused-ring (bicyclic) bond motifs is 2. The molecule has 0 aromatic carbocycles. The highest BCUT2D eigenvalue weighted by atomic mass is 16.3. The number of carbonyl (C=O) groups is 1. The Hall–Kier alpha value is -0.370. The Balaban J connectivity index is 2.29. The molecular weight excluding hydrogens is 128 g/mol. The number of ketones is 1. The lowest BCUT2D eigenvalue weighted by Crippen LogP contribution is -2.26. The standard InChI is InChI=1S/C8H12O2/c1-8-2-5(6(9)3-8)7(10)4-8/h5-6,9H,2-4H2,1H3/t5-,6+,8+/m1/s1. The molecule has 0 aromatic heterocycles. The Morgan fingerprint density at radius 1 is 1.60 bits per heavy atom. The van der Waals surface area contributed by atoms with Crippen LogP contribution in [0.25, 0.3) is 0 Å². The highest BCUT2D eigenvalue weighted by Gasteiger charge is 2.52. The first-order valence-corrected chi connectivity index (χ1v) is 3.82. The van der Waals surface area contributed by atoms with Gasteiger partial charge in [-0.15, -0.1) is 0 Å². The molecule has 1 N–H and O–H groups in total. The minimum atomic E-state index is -0.328. The van der Waals surface area contributed by atoms with E-state index in [4.69, 9.17) is 0 Å². The maximum atomic E-state index is 11.1. The van der Waals surface area contributed by atoms with E-state index in [0.29, 0.717) is 6.42 Å². The topological polar surface area (TPSA) is 37.3 Å². The molecular formula is C8H12O2. The summed E-state index contributed by atoms with van der Waals surface area (Å²) < 4.78 is 0. The molecule has 2 fully saturated rings. The van der Waals surface area contributed by atoms with Gasteiger partial charge in [0, 0.05) is 12.3 Å². The third-order valence-corrected chi connectivity index (χ3v) is 2.89. The molecule has 56 valence electrons. The van der Waals surface area contributed by atoms with Crippen molar-refractivity contribution in [3.63, 3.8) is 0 Å². The van der Waals surface area contributed by atoms with Crippen molar-refractivity contribution >= 4 is 5.78 Å². The molecule has 0 saturated heterocycles. The molecule has 2 rings (SSSR count). The molecule has 2 saturated carbocycles. The molecule has 3 atom stereocenters. The molecule has 0 aromatic rings. The van der Waals surface area contributed by atoms with Gasteiger partial charge < -0.3 is 5.11 Å². The largest absolute Gasteiger partial charge is 0.392 e. The summed E-state index contributed by atoms with van der Waals surface area (Å²) >= 11 is 0. The average molecular weight is 140 g/mol. The van der Waals surface area contributed by atoms with Gasteiger partial charge >= 0.3 is 0 Å². The second-order valence-corrected chi connectivity index (χ2v) is 4.04. The maximum absolute atomic E-state index is 11.1. The van der Waals surface area contributed by atoms with E-state index in [9.17, 15) is 9.90 Å². The third-order valence-electron chi connectivity index (χ3n) is 2.89. The summed E-state index contributed by atoms with van der Waals surface area (Å²) in [4.78, 5) is 11.1. The first-order valence-electron chi connectivity index (χ1n) is 3.82. The molecule has 0 amide bonds. The summed E-state index contributed by atoms with van der Waals surface area (Å²) in [6.07, 6.45) is 2.14. The zero-order chi connectivity index (χ0) is 7.35. The van der Waals surface area contributed by atoms with E-state index in [0.717, 1.165) is 12.8 Å². The van der Waals surface area contributed by atoms with Gasteiger partial charge in [0.05, 0.1) is 6.10 Å². The van der Waals surface area contributed by atoms with Crippen LogP contribution in [0.1, 0.15) is 26.2 Å². The summed E-state index contributed by atoms with van der Waals surface area (Å²) in [5.74, 6) is 0.270. The van der Waals surface area contributed by atoms with Crippen molar-refractivity contribution in [1.82, 2.24) is 0 Å². The maximum Gasteiger partial charge on any atom is 0.139 e. The fourth-order valence-corrected chi connectivity index (χ4v) is 2.42. The molecule has 10 heavy (non-hydrogen) atoms. The van der Waals surface area contributed by atoms with Crippen LogP contribution in [0.5, 0.6) is 0 Å².